The van der Waals surface area contributed by atoms with Crippen molar-refractivity contribution in [2.24, 2.45) is 0 Å². The molecule has 5 heteroatoms. The van der Waals surface area contributed by atoms with Crippen molar-refractivity contribution in [1.29, 1.82) is 0 Å². The molecule has 0 saturated heterocycles. The molecule has 4 rings (SSSR count). The molecular weight excluding hydrogens is 345 g/mol. The molecule has 0 spiro atoms. The molecule has 0 fully saturated rings. The first-order valence-corrected chi connectivity index (χ1v) is 9.94. The molecular formula is C21H22FN3S. The van der Waals surface area contributed by atoms with E-state index in [1.54, 1.807) is 17.4 Å². The summed E-state index contributed by atoms with van der Waals surface area (Å²) < 4.78 is 14.0. The van der Waals surface area contributed by atoms with Crippen LogP contribution >= 0.6 is 11.3 Å². The summed E-state index contributed by atoms with van der Waals surface area (Å²) in [6.07, 6.45) is 5.00. The number of benzene rings is 1. The van der Waals surface area contributed by atoms with E-state index >= 15 is 0 Å². The Morgan fingerprint density at radius 1 is 1.19 bits per heavy atom. The van der Waals surface area contributed by atoms with Crippen LogP contribution in [0.15, 0.2) is 42.6 Å². The largest absolute Gasteiger partial charge is 0.293 e. The van der Waals surface area contributed by atoms with E-state index in [9.17, 15) is 4.39 Å². The highest BCUT2D eigenvalue weighted by molar-refractivity contribution is 7.15. The van der Waals surface area contributed by atoms with E-state index in [1.165, 1.54) is 22.2 Å². The second kappa shape index (κ2) is 7.64. The molecule has 0 atom stereocenters. The van der Waals surface area contributed by atoms with Gasteiger partial charge in [-0.15, -0.1) is 11.3 Å². The summed E-state index contributed by atoms with van der Waals surface area (Å²) in [4.78, 5) is 13.9. The highest BCUT2D eigenvalue weighted by Gasteiger charge is 2.19. The first kappa shape index (κ1) is 17.3. The molecule has 0 N–H and O–H groups in total. The van der Waals surface area contributed by atoms with Crippen LogP contribution in [0.1, 0.15) is 35.3 Å². The van der Waals surface area contributed by atoms with E-state index in [0.29, 0.717) is 5.56 Å². The van der Waals surface area contributed by atoms with Gasteiger partial charge in [0, 0.05) is 65.2 Å². The maximum atomic E-state index is 14.0. The molecule has 2 aromatic heterocycles. The number of hydrogen-bond acceptors (Lipinski definition) is 4. The van der Waals surface area contributed by atoms with E-state index < -0.39 is 0 Å². The first-order chi connectivity index (χ1) is 12.7. The molecule has 1 aliphatic heterocycles. The number of aromatic nitrogens is 2. The first-order valence-electron chi connectivity index (χ1n) is 9.12. The fourth-order valence-corrected chi connectivity index (χ4v) is 4.46. The molecule has 0 unspecified atom stereocenters. The fraction of sp³-hybridized carbons (Fsp3) is 0.333. The Bertz CT molecular complexity index is 906. The smallest absolute Gasteiger partial charge is 0.131 e. The maximum absolute atomic E-state index is 14.0. The molecule has 1 aliphatic rings. The van der Waals surface area contributed by atoms with Crippen LogP contribution < -0.4 is 0 Å². The fourth-order valence-electron chi connectivity index (χ4n) is 3.38. The van der Waals surface area contributed by atoms with Gasteiger partial charge in [0.05, 0.1) is 0 Å². The zero-order chi connectivity index (χ0) is 17.9. The van der Waals surface area contributed by atoms with Gasteiger partial charge in [0.25, 0.3) is 0 Å². The number of nitrogens with zero attached hydrogens (tertiary/aromatic N) is 3. The minimum Gasteiger partial charge on any atom is -0.293 e. The number of hydrogen-bond donors (Lipinski definition) is 0. The molecule has 3 nitrogen and oxygen atoms in total. The van der Waals surface area contributed by atoms with E-state index in [4.69, 9.17) is 4.98 Å². The van der Waals surface area contributed by atoms with Crippen LogP contribution in [0.25, 0.3) is 10.4 Å². The highest BCUT2D eigenvalue weighted by Crippen LogP contribution is 2.31. The van der Waals surface area contributed by atoms with E-state index in [-0.39, 0.29) is 5.82 Å². The minimum absolute atomic E-state index is 0.159. The predicted octanol–water partition coefficient (Wildman–Crippen LogP) is 4.86. The quantitative estimate of drug-likeness (QED) is 0.645. The molecule has 26 heavy (non-hydrogen) atoms. The number of halogens is 1. The van der Waals surface area contributed by atoms with Gasteiger partial charge in [0.1, 0.15) is 11.6 Å². The maximum Gasteiger partial charge on any atom is 0.131 e. The summed E-state index contributed by atoms with van der Waals surface area (Å²) in [7, 11) is 0. The lowest BCUT2D eigenvalue weighted by molar-refractivity contribution is 0.244. The molecule has 1 aromatic carbocycles. The molecule has 0 bridgehead atoms. The predicted molar refractivity (Wildman–Crippen MR) is 104 cm³/mol. The van der Waals surface area contributed by atoms with Crippen molar-refractivity contribution in [3.63, 3.8) is 0 Å². The Labute approximate surface area is 157 Å². The van der Waals surface area contributed by atoms with Crippen LogP contribution in [0.4, 0.5) is 4.39 Å². The van der Waals surface area contributed by atoms with Gasteiger partial charge in [-0.2, -0.15) is 0 Å². The topological polar surface area (TPSA) is 29.0 Å². The highest BCUT2D eigenvalue weighted by atomic mass is 32.1. The molecule has 3 heterocycles. The lowest BCUT2D eigenvalue weighted by atomic mass is 10.1. The zero-order valence-corrected chi connectivity index (χ0v) is 15.7. The second-order valence-corrected chi connectivity index (χ2v) is 7.88. The van der Waals surface area contributed by atoms with Gasteiger partial charge in [-0.25, -0.2) is 14.4 Å². The number of thiophene rings is 1. The number of aryl methyl sites for hydroxylation is 1. The van der Waals surface area contributed by atoms with Crippen molar-refractivity contribution in [2.75, 3.05) is 6.54 Å². The van der Waals surface area contributed by atoms with Gasteiger partial charge in [-0.05, 0) is 24.6 Å². The van der Waals surface area contributed by atoms with Crippen molar-refractivity contribution < 1.29 is 4.39 Å². The average Bonchev–Trinajstić information content (AvgIpc) is 3.11. The second-order valence-electron chi connectivity index (χ2n) is 6.71. The van der Waals surface area contributed by atoms with Crippen molar-refractivity contribution >= 4 is 11.3 Å². The Balaban J connectivity index is 1.45. The summed E-state index contributed by atoms with van der Waals surface area (Å²) in [5.74, 6) is 0.806. The van der Waals surface area contributed by atoms with Crippen molar-refractivity contribution in [3.05, 3.63) is 70.4 Å². The Hall–Kier alpha value is -2.11. The summed E-state index contributed by atoms with van der Waals surface area (Å²) >= 11 is 1.67. The van der Waals surface area contributed by atoms with Crippen molar-refractivity contribution in [3.8, 4) is 10.4 Å². The molecule has 0 aliphatic carbocycles. The number of fused-ring (bicyclic) bond motifs is 1. The van der Waals surface area contributed by atoms with E-state index in [0.717, 1.165) is 49.6 Å². The number of rotatable bonds is 5. The third-order valence-corrected chi connectivity index (χ3v) is 5.82. The van der Waals surface area contributed by atoms with Gasteiger partial charge in [0.2, 0.25) is 0 Å². The molecule has 134 valence electrons. The van der Waals surface area contributed by atoms with Crippen LogP contribution in [0.5, 0.6) is 0 Å². The standard InChI is InChI=1S/C21H22FN3S/c1-2-5-21-23-12-15-13-25(11-10-19(15)24-21)14-16-8-9-20(26-16)17-6-3-4-7-18(17)22/h3-4,6-9,12H,2,5,10-11,13-14H2,1H3. The summed E-state index contributed by atoms with van der Waals surface area (Å²) in [6.45, 7) is 4.92. The van der Waals surface area contributed by atoms with Crippen LogP contribution in [0.3, 0.4) is 0 Å². The summed E-state index contributed by atoms with van der Waals surface area (Å²) in [6, 6.07) is 11.1. The van der Waals surface area contributed by atoms with Crippen LogP contribution in [-0.4, -0.2) is 21.4 Å². The molecule has 0 saturated carbocycles. The van der Waals surface area contributed by atoms with Gasteiger partial charge >= 0.3 is 0 Å². The lowest BCUT2D eigenvalue weighted by Crippen LogP contribution is -2.30. The molecule has 3 aromatic rings. The normalized spacial score (nSPS) is 14.4. The van der Waals surface area contributed by atoms with Gasteiger partial charge in [-0.1, -0.05) is 25.1 Å². The Morgan fingerprint density at radius 3 is 2.92 bits per heavy atom. The van der Waals surface area contributed by atoms with Crippen LogP contribution in [0.2, 0.25) is 0 Å². The van der Waals surface area contributed by atoms with E-state index in [2.05, 4.69) is 22.9 Å². The third kappa shape index (κ3) is 3.69. The van der Waals surface area contributed by atoms with Crippen LogP contribution in [0, 0.1) is 5.82 Å². The van der Waals surface area contributed by atoms with Crippen LogP contribution in [-0.2, 0) is 25.9 Å². The molecule has 0 radical (unpaired) electrons. The van der Waals surface area contributed by atoms with Crippen molar-refractivity contribution in [1.82, 2.24) is 14.9 Å². The Morgan fingerprint density at radius 2 is 2.08 bits per heavy atom. The summed E-state index contributed by atoms with van der Waals surface area (Å²) in [5.41, 5.74) is 3.13. The van der Waals surface area contributed by atoms with E-state index in [1.807, 2.05) is 24.4 Å². The molecule has 0 amide bonds. The van der Waals surface area contributed by atoms with Gasteiger partial charge in [0.15, 0.2) is 0 Å². The van der Waals surface area contributed by atoms with Crippen molar-refractivity contribution in [2.45, 2.75) is 39.3 Å². The summed E-state index contributed by atoms with van der Waals surface area (Å²) in [5, 5.41) is 0. The van der Waals surface area contributed by atoms with Gasteiger partial charge < -0.3 is 0 Å². The van der Waals surface area contributed by atoms with Gasteiger partial charge in [-0.3, -0.25) is 4.90 Å². The SMILES string of the molecule is CCCc1ncc2c(n1)CCN(Cc1ccc(-c3ccccc3F)s1)C2. The third-order valence-electron chi connectivity index (χ3n) is 4.72. The lowest BCUT2D eigenvalue weighted by Gasteiger charge is -2.27. The minimum atomic E-state index is -0.159. The zero-order valence-electron chi connectivity index (χ0n) is 14.9. The average molecular weight is 367 g/mol. The Kier molecular flexibility index (Phi) is 5.09. The monoisotopic (exact) mass is 367 g/mol.